The van der Waals surface area contributed by atoms with E-state index < -0.39 is 11.6 Å². The van der Waals surface area contributed by atoms with Crippen LogP contribution in [0.15, 0.2) is 36.4 Å². The number of unbranched alkanes of at least 4 members (excludes halogenated alkanes) is 1. The van der Waals surface area contributed by atoms with Crippen LogP contribution in [0.25, 0.3) is 0 Å². The SMILES string of the molecule is CC1(C)CCOC(c2ccccc2C(C(=O)OC(C)(C)C)N2CCC(OCCCCc3ccc4c(n3)NCCC4)C2)C1. The fourth-order valence-corrected chi connectivity index (χ4v) is 6.51. The number of anilines is 1. The van der Waals surface area contributed by atoms with Gasteiger partial charge in [-0.25, -0.2) is 9.78 Å². The summed E-state index contributed by atoms with van der Waals surface area (Å²) in [6.45, 7) is 14.4. The number of likely N-dealkylation sites (tertiary alicyclic amines) is 1. The molecule has 0 radical (unpaired) electrons. The summed E-state index contributed by atoms with van der Waals surface area (Å²) >= 11 is 0. The molecule has 3 aliphatic heterocycles. The van der Waals surface area contributed by atoms with E-state index in [-0.39, 0.29) is 23.6 Å². The summed E-state index contributed by atoms with van der Waals surface area (Å²) < 4.78 is 18.6. The zero-order valence-electron chi connectivity index (χ0n) is 26.4. The predicted molar refractivity (Wildman–Crippen MR) is 167 cm³/mol. The number of hydrogen-bond donors (Lipinski definition) is 1. The quantitative estimate of drug-likeness (QED) is 0.246. The van der Waals surface area contributed by atoms with Crippen LogP contribution in [-0.2, 0) is 31.8 Å². The molecule has 0 bridgehead atoms. The average Bonchev–Trinajstić information content (AvgIpc) is 3.40. The number of carbonyl (C=O) groups excluding carboxylic acids is 1. The Morgan fingerprint density at radius 1 is 1.19 bits per heavy atom. The van der Waals surface area contributed by atoms with Crippen molar-refractivity contribution in [1.82, 2.24) is 9.88 Å². The number of nitrogens with one attached hydrogen (secondary N) is 1. The summed E-state index contributed by atoms with van der Waals surface area (Å²) in [5, 5.41) is 3.43. The number of nitrogens with zero attached hydrogens (tertiary/aromatic N) is 2. The van der Waals surface area contributed by atoms with E-state index in [1.54, 1.807) is 0 Å². The highest BCUT2D eigenvalue weighted by molar-refractivity contribution is 5.78. The van der Waals surface area contributed by atoms with E-state index in [0.717, 1.165) is 93.9 Å². The molecule has 1 aromatic carbocycles. The molecule has 1 aromatic heterocycles. The second-order valence-electron chi connectivity index (χ2n) is 14.1. The van der Waals surface area contributed by atoms with Crippen LogP contribution < -0.4 is 5.32 Å². The Labute approximate surface area is 252 Å². The van der Waals surface area contributed by atoms with Gasteiger partial charge in [-0.1, -0.05) is 44.2 Å². The lowest BCUT2D eigenvalue weighted by molar-refractivity contribution is -0.161. The van der Waals surface area contributed by atoms with Crippen LogP contribution in [0.5, 0.6) is 0 Å². The summed E-state index contributed by atoms with van der Waals surface area (Å²) in [7, 11) is 0. The van der Waals surface area contributed by atoms with Crippen molar-refractivity contribution in [3.8, 4) is 0 Å². The first-order chi connectivity index (χ1) is 20.1. The minimum absolute atomic E-state index is 0.0232. The van der Waals surface area contributed by atoms with Crippen LogP contribution in [0, 0.1) is 5.41 Å². The Balaban J connectivity index is 1.20. The van der Waals surface area contributed by atoms with Crippen molar-refractivity contribution in [2.24, 2.45) is 5.41 Å². The van der Waals surface area contributed by atoms with Gasteiger partial charge < -0.3 is 19.5 Å². The molecule has 3 atom stereocenters. The first-order valence-electron chi connectivity index (χ1n) is 16.1. The smallest absolute Gasteiger partial charge is 0.328 e. The molecule has 2 fully saturated rings. The maximum Gasteiger partial charge on any atom is 0.328 e. The number of pyridine rings is 1. The van der Waals surface area contributed by atoms with Crippen LogP contribution >= 0.6 is 0 Å². The molecule has 2 saturated heterocycles. The van der Waals surface area contributed by atoms with Gasteiger partial charge in [-0.15, -0.1) is 0 Å². The monoisotopic (exact) mass is 577 g/mol. The van der Waals surface area contributed by atoms with E-state index in [2.05, 4.69) is 54.4 Å². The number of aromatic nitrogens is 1. The van der Waals surface area contributed by atoms with Crippen LogP contribution in [-0.4, -0.2) is 60.4 Å². The molecule has 0 spiro atoms. The normalized spacial score (nSPS) is 23.2. The molecule has 7 heteroatoms. The average molecular weight is 578 g/mol. The van der Waals surface area contributed by atoms with E-state index in [4.69, 9.17) is 19.2 Å². The molecular formula is C35H51N3O4. The molecular weight excluding hydrogens is 526 g/mol. The number of aryl methyl sites for hydroxylation is 2. The lowest BCUT2D eigenvalue weighted by Crippen LogP contribution is -2.39. The summed E-state index contributed by atoms with van der Waals surface area (Å²) in [6, 6.07) is 12.2. The third-order valence-corrected chi connectivity index (χ3v) is 8.78. The number of hydrogen-bond acceptors (Lipinski definition) is 7. The van der Waals surface area contributed by atoms with E-state index in [9.17, 15) is 4.79 Å². The molecule has 230 valence electrons. The molecule has 3 aliphatic rings. The van der Waals surface area contributed by atoms with E-state index in [1.807, 2.05) is 26.8 Å². The van der Waals surface area contributed by atoms with Gasteiger partial charge in [0.2, 0.25) is 0 Å². The number of carbonyl (C=O) groups is 1. The van der Waals surface area contributed by atoms with E-state index in [1.165, 1.54) is 12.0 Å². The highest BCUT2D eigenvalue weighted by atomic mass is 16.6. The van der Waals surface area contributed by atoms with Crippen molar-refractivity contribution in [2.45, 2.75) is 110 Å². The van der Waals surface area contributed by atoms with Crippen molar-refractivity contribution >= 4 is 11.8 Å². The van der Waals surface area contributed by atoms with Gasteiger partial charge in [-0.05, 0) is 100 Å². The molecule has 0 saturated carbocycles. The van der Waals surface area contributed by atoms with Crippen molar-refractivity contribution in [3.63, 3.8) is 0 Å². The standard InChI is InChI=1S/C35H51N3O4/c1-34(2,3)42-33(39)31(29-14-7-6-13-28(29)30-23-35(4,5)18-22-41-30)38-20-17-27(24-38)40-21-9-8-12-26-16-15-25-11-10-19-36-32(25)37-26/h6-7,13-16,27,30-31H,8-12,17-24H2,1-5H3,(H,36,37). The number of fused-ring (bicyclic) bond motifs is 1. The number of rotatable bonds is 10. The van der Waals surface area contributed by atoms with E-state index >= 15 is 0 Å². The lowest BCUT2D eigenvalue weighted by atomic mass is 9.79. The van der Waals surface area contributed by atoms with Crippen LogP contribution in [0.2, 0.25) is 0 Å². The third kappa shape index (κ3) is 8.12. The topological polar surface area (TPSA) is 72.9 Å². The number of ether oxygens (including phenoxy) is 3. The minimum Gasteiger partial charge on any atom is -0.459 e. The van der Waals surface area contributed by atoms with E-state index in [0.29, 0.717) is 6.54 Å². The van der Waals surface area contributed by atoms with Gasteiger partial charge in [0.1, 0.15) is 17.5 Å². The zero-order chi connectivity index (χ0) is 29.7. The number of benzene rings is 1. The van der Waals surface area contributed by atoms with Crippen molar-refractivity contribution in [3.05, 3.63) is 58.8 Å². The maximum absolute atomic E-state index is 13.8. The summed E-state index contributed by atoms with van der Waals surface area (Å²) in [5.74, 6) is 0.874. The van der Waals surface area contributed by atoms with Gasteiger partial charge in [-0.2, -0.15) is 0 Å². The summed E-state index contributed by atoms with van der Waals surface area (Å²) in [6.07, 6.45) is 8.30. The van der Waals surface area contributed by atoms with Gasteiger partial charge in [0.15, 0.2) is 0 Å². The Kier molecular flexibility index (Phi) is 9.91. The molecule has 7 nitrogen and oxygen atoms in total. The molecule has 42 heavy (non-hydrogen) atoms. The molecule has 4 heterocycles. The van der Waals surface area contributed by atoms with Crippen LogP contribution in [0.4, 0.5) is 5.82 Å². The molecule has 3 unspecified atom stereocenters. The van der Waals surface area contributed by atoms with Gasteiger partial charge in [0.05, 0.1) is 12.2 Å². The molecule has 1 N–H and O–H groups in total. The highest BCUT2D eigenvalue weighted by Gasteiger charge is 2.40. The Bertz CT molecular complexity index is 1210. The third-order valence-electron chi connectivity index (χ3n) is 8.78. The predicted octanol–water partition coefficient (Wildman–Crippen LogP) is 6.81. The second-order valence-corrected chi connectivity index (χ2v) is 14.1. The molecule has 0 amide bonds. The summed E-state index contributed by atoms with van der Waals surface area (Å²) in [5.41, 5.74) is 4.24. The van der Waals surface area contributed by atoms with Crippen LogP contribution in [0.3, 0.4) is 0 Å². The Morgan fingerprint density at radius 2 is 2.02 bits per heavy atom. The largest absolute Gasteiger partial charge is 0.459 e. The summed E-state index contributed by atoms with van der Waals surface area (Å²) in [4.78, 5) is 20.9. The first-order valence-corrected chi connectivity index (χ1v) is 16.1. The Morgan fingerprint density at radius 3 is 2.83 bits per heavy atom. The lowest BCUT2D eigenvalue weighted by Gasteiger charge is -2.38. The minimum atomic E-state index is -0.563. The second kappa shape index (κ2) is 13.4. The van der Waals surface area contributed by atoms with Crippen LogP contribution in [0.1, 0.15) is 108 Å². The van der Waals surface area contributed by atoms with Gasteiger partial charge in [0.25, 0.3) is 0 Å². The molecule has 5 rings (SSSR count). The van der Waals surface area contributed by atoms with Crippen molar-refractivity contribution in [1.29, 1.82) is 0 Å². The highest BCUT2D eigenvalue weighted by Crippen LogP contribution is 2.43. The molecule has 2 aromatic rings. The number of esters is 1. The zero-order valence-corrected chi connectivity index (χ0v) is 26.4. The van der Waals surface area contributed by atoms with Gasteiger partial charge >= 0.3 is 5.97 Å². The van der Waals surface area contributed by atoms with Gasteiger partial charge in [-0.3, -0.25) is 4.90 Å². The van der Waals surface area contributed by atoms with Crippen molar-refractivity contribution < 1.29 is 19.0 Å². The molecule has 0 aliphatic carbocycles. The first kappa shape index (κ1) is 31.0. The van der Waals surface area contributed by atoms with Crippen molar-refractivity contribution in [2.75, 3.05) is 38.2 Å². The Hall–Kier alpha value is -2.48. The van der Waals surface area contributed by atoms with Gasteiger partial charge in [0, 0.05) is 38.5 Å². The fraction of sp³-hybridized carbons (Fsp3) is 0.657. The maximum atomic E-state index is 13.8. The fourth-order valence-electron chi connectivity index (χ4n) is 6.51.